The second-order valence-electron chi connectivity index (χ2n) is 6.39. The molecule has 2 aromatic rings. The predicted molar refractivity (Wildman–Crippen MR) is 96.0 cm³/mol. The van der Waals surface area contributed by atoms with Crippen molar-refractivity contribution in [2.75, 3.05) is 24.6 Å². The van der Waals surface area contributed by atoms with Gasteiger partial charge in [-0.1, -0.05) is 12.1 Å². The van der Waals surface area contributed by atoms with Crippen LogP contribution in [-0.2, 0) is 0 Å². The fourth-order valence-electron chi connectivity index (χ4n) is 2.92. The molecule has 0 radical (unpaired) electrons. The molecule has 1 aromatic heterocycles. The largest absolute Gasteiger partial charge is 0.489 e. The fraction of sp³-hybridized carbons (Fsp3) is 0.421. The summed E-state index contributed by atoms with van der Waals surface area (Å²) in [6.45, 7) is 2.83. The zero-order valence-electron chi connectivity index (χ0n) is 14.6. The molecular formula is C19H23F2N3O2. The lowest BCUT2D eigenvalue weighted by molar-refractivity contribution is 0.0796. The van der Waals surface area contributed by atoms with Crippen LogP contribution in [-0.4, -0.2) is 37.2 Å². The number of nitrogens with two attached hydrogens (primary N) is 1. The zero-order chi connectivity index (χ0) is 18.5. The number of pyridine rings is 1. The van der Waals surface area contributed by atoms with Gasteiger partial charge in [-0.05, 0) is 30.7 Å². The third-order valence-corrected chi connectivity index (χ3v) is 4.29. The maximum atomic E-state index is 12.3. The lowest BCUT2D eigenvalue weighted by Gasteiger charge is -2.19. The topological polar surface area (TPSA) is 60.6 Å². The van der Waals surface area contributed by atoms with Crippen molar-refractivity contribution in [2.24, 2.45) is 5.73 Å². The average molecular weight is 363 g/mol. The standard InChI is InChI=1S/C19H23F2N3O2/c1-13(22)14-2-4-16(5-3-14)26-17-7-9-24(11-17)15-6-8-23-19(10-15)25-12-18(20)21/h2-6,8,10,13,17-18H,7,9,11-12,22H2,1H3/t13-,17?/m0/s1. The Morgan fingerprint density at radius 3 is 2.73 bits per heavy atom. The summed E-state index contributed by atoms with van der Waals surface area (Å²) in [5.41, 5.74) is 7.82. The van der Waals surface area contributed by atoms with Gasteiger partial charge < -0.3 is 20.1 Å². The van der Waals surface area contributed by atoms with Crippen LogP contribution in [0, 0.1) is 0 Å². The van der Waals surface area contributed by atoms with E-state index >= 15 is 0 Å². The van der Waals surface area contributed by atoms with E-state index in [1.807, 2.05) is 37.3 Å². The van der Waals surface area contributed by atoms with Crippen molar-refractivity contribution in [1.29, 1.82) is 0 Å². The Bertz CT molecular complexity index is 710. The van der Waals surface area contributed by atoms with Gasteiger partial charge in [0.15, 0.2) is 6.61 Å². The number of halogens is 2. The maximum absolute atomic E-state index is 12.3. The van der Waals surface area contributed by atoms with Gasteiger partial charge in [-0.3, -0.25) is 0 Å². The van der Waals surface area contributed by atoms with Gasteiger partial charge in [0.25, 0.3) is 6.43 Å². The van der Waals surface area contributed by atoms with E-state index in [9.17, 15) is 8.78 Å². The molecule has 1 aromatic carbocycles. The predicted octanol–water partition coefficient (Wildman–Crippen LogP) is 3.40. The molecule has 0 bridgehead atoms. The van der Waals surface area contributed by atoms with Crippen LogP contribution in [0.15, 0.2) is 42.6 Å². The third kappa shape index (κ3) is 4.82. The number of aromatic nitrogens is 1. The van der Waals surface area contributed by atoms with Crippen molar-refractivity contribution in [3.05, 3.63) is 48.2 Å². The summed E-state index contributed by atoms with van der Waals surface area (Å²) in [5.74, 6) is 1.02. The molecule has 1 saturated heterocycles. The number of nitrogens with zero attached hydrogens (tertiary/aromatic N) is 2. The average Bonchev–Trinajstić information content (AvgIpc) is 3.09. The fourth-order valence-corrected chi connectivity index (χ4v) is 2.92. The van der Waals surface area contributed by atoms with Crippen LogP contribution in [0.3, 0.4) is 0 Å². The molecule has 5 nitrogen and oxygen atoms in total. The molecule has 7 heteroatoms. The highest BCUT2D eigenvalue weighted by atomic mass is 19.3. The summed E-state index contributed by atoms with van der Waals surface area (Å²) in [4.78, 5) is 6.11. The van der Waals surface area contributed by atoms with E-state index in [-0.39, 0.29) is 18.0 Å². The van der Waals surface area contributed by atoms with Crippen LogP contribution in [0.2, 0.25) is 0 Å². The van der Waals surface area contributed by atoms with Crippen LogP contribution in [0.1, 0.15) is 24.9 Å². The number of rotatable bonds is 7. The number of anilines is 1. The van der Waals surface area contributed by atoms with Crippen molar-refractivity contribution in [3.8, 4) is 11.6 Å². The van der Waals surface area contributed by atoms with Gasteiger partial charge in [-0.25, -0.2) is 13.8 Å². The first-order valence-corrected chi connectivity index (χ1v) is 8.65. The molecule has 26 heavy (non-hydrogen) atoms. The van der Waals surface area contributed by atoms with Crippen LogP contribution in [0.4, 0.5) is 14.5 Å². The molecule has 2 atom stereocenters. The minimum absolute atomic E-state index is 0.000743. The summed E-state index contributed by atoms with van der Waals surface area (Å²) < 4.78 is 35.6. The highest BCUT2D eigenvalue weighted by Crippen LogP contribution is 2.26. The maximum Gasteiger partial charge on any atom is 0.272 e. The summed E-state index contributed by atoms with van der Waals surface area (Å²) >= 11 is 0. The molecule has 0 aliphatic carbocycles. The van der Waals surface area contributed by atoms with E-state index < -0.39 is 13.0 Å². The van der Waals surface area contributed by atoms with Gasteiger partial charge in [-0.15, -0.1) is 0 Å². The van der Waals surface area contributed by atoms with Gasteiger partial charge in [0.05, 0.1) is 6.54 Å². The van der Waals surface area contributed by atoms with Crippen LogP contribution in [0.25, 0.3) is 0 Å². The van der Waals surface area contributed by atoms with E-state index in [4.69, 9.17) is 15.2 Å². The highest BCUT2D eigenvalue weighted by Gasteiger charge is 2.24. The second kappa shape index (κ2) is 8.31. The first kappa shape index (κ1) is 18.4. The summed E-state index contributed by atoms with van der Waals surface area (Å²) in [5, 5.41) is 0. The molecule has 2 heterocycles. The van der Waals surface area contributed by atoms with Gasteiger partial charge in [0, 0.05) is 37.0 Å². The summed E-state index contributed by atoms with van der Waals surface area (Å²) in [6.07, 6.45) is -0.00449. The van der Waals surface area contributed by atoms with Gasteiger partial charge in [0.1, 0.15) is 11.9 Å². The molecule has 1 unspecified atom stereocenters. The molecule has 1 aliphatic rings. The number of ether oxygens (including phenoxy) is 2. The van der Waals surface area contributed by atoms with Gasteiger partial charge in [-0.2, -0.15) is 0 Å². The number of hydrogen-bond acceptors (Lipinski definition) is 5. The Kier molecular flexibility index (Phi) is 5.88. The SMILES string of the molecule is C[C@H](N)c1ccc(OC2CCN(c3ccnc(OCC(F)F)c3)C2)cc1. The number of alkyl halides is 2. The van der Waals surface area contributed by atoms with Crippen LogP contribution in [0.5, 0.6) is 11.6 Å². The molecule has 1 fully saturated rings. The van der Waals surface area contributed by atoms with Crippen molar-refractivity contribution < 1.29 is 18.3 Å². The molecular weight excluding hydrogens is 340 g/mol. The summed E-state index contributed by atoms with van der Waals surface area (Å²) in [6, 6.07) is 11.3. The quantitative estimate of drug-likeness (QED) is 0.817. The molecule has 140 valence electrons. The smallest absolute Gasteiger partial charge is 0.272 e. The van der Waals surface area contributed by atoms with E-state index in [0.29, 0.717) is 6.54 Å². The lowest BCUT2D eigenvalue weighted by atomic mass is 10.1. The monoisotopic (exact) mass is 363 g/mol. The van der Waals surface area contributed by atoms with Crippen molar-refractivity contribution in [2.45, 2.75) is 31.9 Å². The van der Waals surface area contributed by atoms with Crippen LogP contribution >= 0.6 is 0 Å². The Balaban J connectivity index is 1.57. The third-order valence-electron chi connectivity index (χ3n) is 4.29. The zero-order valence-corrected chi connectivity index (χ0v) is 14.6. The Labute approximate surface area is 151 Å². The van der Waals surface area contributed by atoms with Gasteiger partial charge >= 0.3 is 0 Å². The van der Waals surface area contributed by atoms with E-state index in [2.05, 4.69) is 9.88 Å². The molecule has 0 amide bonds. The number of hydrogen-bond donors (Lipinski definition) is 1. The van der Waals surface area contributed by atoms with Crippen molar-refractivity contribution >= 4 is 5.69 Å². The lowest BCUT2D eigenvalue weighted by Crippen LogP contribution is -2.24. The van der Waals surface area contributed by atoms with Crippen molar-refractivity contribution in [1.82, 2.24) is 4.98 Å². The molecule has 2 N–H and O–H groups in total. The highest BCUT2D eigenvalue weighted by molar-refractivity contribution is 5.49. The van der Waals surface area contributed by atoms with Gasteiger partial charge in [0.2, 0.25) is 5.88 Å². The first-order valence-electron chi connectivity index (χ1n) is 8.65. The first-order chi connectivity index (χ1) is 12.5. The minimum Gasteiger partial charge on any atom is -0.489 e. The Morgan fingerprint density at radius 1 is 1.27 bits per heavy atom. The van der Waals surface area contributed by atoms with Crippen LogP contribution < -0.4 is 20.1 Å². The van der Waals surface area contributed by atoms with Crippen molar-refractivity contribution in [3.63, 3.8) is 0 Å². The molecule has 0 spiro atoms. The Morgan fingerprint density at radius 2 is 2.04 bits per heavy atom. The minimum atomic E-state index is -2.52. The summed E-state index contributed by atoms with van der Waals surface area (Å²) in [7, 11) is 0. The normalized spacial score (nSPS) is 18.2. The van der Waals surface area contributed by atoms with E-state index in [1.165, 1.54) is 0 Å². The second-order valence-corrected chi connectivity index (χ2v) is 6.39. The number of benzene rings is 1. The van der Waals surface area contributed by atoms with E-state index in [1.54, 1.807) is 12.3 Å². The molecule has 3 rings (SSSR count). The molecule has 0 saturated carbocycles. The van der Waals surface area contributed by atoms with E-state index in [0.717, 1.165) is 30.0 Å². The molecule has 1 aliphatic heterocycles. The Hall–Kier alpha value is -2.41.